The average Bonchev–Trinajstić information content (AvgIpc) is 2.66. The summed E-state index contributed by atoms with van der Waals surface area (Å²) in [6.07, 6.45) is 0.581. The van der Waals surface area contributed by atoms with Crippen LogP contribution in [0.25, 0.3) is 0 Å². The molecule has 2 aromatic carbocycles. The fraction of sp³-hybridized carbons (Fsp3) is 0.263. The number of methoxy groups -OCH3 is 2. The number of amides is 2. The first-order valence-electron chi connectivity index (χ1n) is 8.05. The number of carbonyl (C=O) groups is 2. The van der Waals surface area contributed by atoms with E-state index in [0.29, 0.717) is 23.6 Å². The van der Waals surface area contributed by atoms with Crippen LogP contribution in [-0.2, 0) is 11.2 Å². The summed E-state index contributed by atoms with van der Waals surface area (Å²) in [4.78, 5) is 23.8. The Morgan fingerprint density at radius 3 is 2.38 bits per heavy atom. The van der Waals surface area contributed by atoms with E-state index in [9.17, 15) is 9.59 Å². The number of benzene rings is 2. The van der Waals surface area contributed by atoms with Crippen LogP contribution < -0.4 is 20.1 Å². The molecule has 0 aliphatic carbocycles. The second-order valence-corrected chi connectivity index (χ2v) is 5.90. The second-order valence-electron chi connectivity index (χ2n) is 5.47. The lowest BCUT2D eigenvalue weighted by Crippen LogP contribution is -2.37. The lowest BCUT2D eigenvalue weighted by atomic mass is 10.1. The highest BCUT2D eigenvalue weighted by Gasteiger charge is 2.09. The van der Waals surface area contributed by atoms with Crippen LogP contribution in [0.1, 0.15) is 15.9 Å². The number of ether oxygens (including phenoxy) is 2. The Labute approximate surface area is 157 Å². The van der Waals surface area contributed by atoms with Gasteiger partial charge in [0.15, 0.2) is 0 Å². The first kappa shape index (κ1) is 19.6. The molecule has 0 fully saturated rings. The highest BCUT2D eigenvalue weighted by molar-refractivity contribution is 6.30. The van der Waals surface area contributed by atoms with Gasteiger partial charge in [0.05, 0.1) is 20.8 Å². The molecule has 138 valence electrons. The lowest BCUT2D eigenvalue weighted by molar-refractivity contribution is -0.120. The molecule has 0 aliphatic rings. The molecule has 26 heavy (non-hydrogen) atoms. The van der Waals surface area contributed by atoms with Gasteiger partial charge in [0.2, 0.25) is 5.91 Å². The van der Waals surface area contributed by atoms with Crippen molar-refractivity contribution in [2.75, 3.05) is 27.3 Å². The molecule has 2 rings (SSSR count). The highest BCUT2D eigenvalue weighted by Crippen LogP contribution is 2.24. The van der Waals surface area contributed by atoms with Gasteiger partial charge in [0, 0.05) is 17.1 Å². The van der Waals surface area contributed by atoms with Crippen molar-refractivity contribution in [3.8, 4) is 11.5 Å². The number of hydrogen-bond acceptors (Lipinski definition) is 4. The summed E-state index contributed by atoms with van der Waals surface area (Å²) in [5.41, 5.74) is 1.38. The first-order chi connectivity index (χ1) is 12.5. The van der Waals surface area contributed by atoms with Crippen molar-refractivity contribution in [3.05, 3.63) is 58.6 Å². The molecule has 2 amide bonds. The van der Waals surface area contributed by atoms with E-state index in [1.54, 1.807) is 38.5 Å². The van der Waals surface area contributed by atoms with Crippen LogP contribution in [0.5, 0.6) is 11.5 Å². The smallest absolute Gasteiger partial charge is 0.251 e. The molecular weight excluding hydrogens is 356 g/mol. The molecule has 0 saturated carbocycles. The van der Waals surface area contributed by atoms with Crippen LogP contribution in [0.4, 0.5) is 0 Å². The van der Waals surface area contributed by atoms with Gasteiger partial charge in [0.1, 0.15) is 11.5 Å². The normalized spacial score (nSPS) is 10.1. The van der Waals surface area contributed by atoms with Crippen molar-refractivity contribution < 1.29 is 19.1 Å². The molecule has 0 radical (unpaired) electrons. The molecule has 2 N–H and O–H groups in total. The summed E-state index contributed by atoms with van der Waals surface area (Å²) in [5.74, 6) is 0.860. The Hall–Kier alpha value is -2.73. The number of rotatable bonds is 8. The summed E-state index contributed by atoms with van der Waals surface area (Å²) in [7, 11) is 3.19. The van der Waals surface area contributed by atoms with Gasteiger partial charge < -0.3 is 20.1 Å². The summed E-state index contributed by atoms with van der Waals surface area (Å²) in [6.45, 7) is 0.315. The van der Waals surface area contributed by atoms with Crippen molar-refractivity contribution in [3.63, 3.8) is 0 Å². The minimum atomic E-state index is -0.328. The van der Waals surface area contributed by atoms with E-state index in [1.165, 1.54) is 0 Å². The Morgan fingerprint density at radius 2 is 1.73 bits per heavy atom. The predicted octanol–water partition coefficient (Wildman–Crippen LogP) is 2.45. The van der Waals surface area contributed by atoms with Crippen molar-refractivity contribution >= 4 is 23.4 Å². The Balaban J connectivity index is 1.78. The second kappa shape index (κ2) is 9.68. The van der Waals surface area contributed by atoms with Crippen molar-refractivity contribution in [1.29, 1.82) is 0 Å². The number of nitrogens with one attached hydrogen (secondary N) is 2. The maximum atomic E-state index is 11.9. The minimum absolute atomic E-state index is 0.100. The van der Waals surface area contributed by atoms with Crippen LogP contribution in [0.2, 0.25) is 5.02 Å². The molecule has 0 bridgehead atoms. The third kappa shape index (κ3) is 5.67. The van der Waals surface area contributed by atoms with E-state index in [1.807, 2.05) is 18.2 Å². The SMILES string of the molecule is COc1ccc(OC)c(CCNC(=O)CNC(=O)c2ccc(Cl)cc2)c1. The van der Waals surface area contributed by atoms with Crippen molar-refractivity contribution in [2.45, 2.75) is 6.42 Å². The van der Waals surface area contributed by atoms with Gasteiger partial charge in [-0.3, -0.25) is 9.59 Å². The van der Waals surface area contributed by atoms with Crippen molar-refractivity contribution in [2.24, 2.45) is 0 Å². The fourth-order valence-corrected chi connectivity index (χ4v) is 2.47. The quantitative estimate of drug-likeness (QED) is 0.742. The molecule has 0 saturated heterocycles. The van der Waals surface area contributed by atoms with Crippen LogP contribution in [0.15, 0.2) is 42.5 Å². The summed E-state index contributed by atoms with van der Waals surface area (Å²) in [6, 6.07) is 12.0. The standard InChI is InChI=1S/C19H21ClN2O4/c1-25-16-7-8-17(26-2)14(11-16)9-10-21-18(23)12-22-19(24)13-3-5-15(20)6-4-13/h3-8,11H,9-10,12H2,1-2H3,(H,21,23)(H,22,24). The lowest BCUT2D eigenvalue weighted by Gasteiger charge is -2.11. The molecule has 0 atom stereocenters. The molecule has 6 nitrogen and oxygen atoms in total. The maximum absolute atomic E-state index is 11.9. The topological polar surface area (TPSA) is 76.7 Å². The largest absolute Gasteiger partial charge is 0.497 e. The molecule has 7 heteroatoms. The van der Waals surface area contributed by atoms with E-state index >= 15 is 0 Å². The predicted molar refractivity (Wildman–Crippen MR) is 100 cm³/mol. The maximum Gasteiger partial charge on any atom is 0.251 e. The minimum Gasteiger partial charge on any atom is -0.497 e. The molecule has 0 spiro atoms. The monoisotopic (exact) mass is 376 g/mol. The third-order valence-corrected chi connectivity index (χ3v) is 3.97. The summed E-state index contributed by atoms with van der Waals surface area (Å²) < 4.78 is 10.5. The van der Waals surface area contributed by atoms with Gasteiger partial charge in [-0.05, 0) is 54.4 Å². The summed E-state index contributed by atoms with van der Waals surface area (Å²) in [5, 5.41) is 5.88. The van der Waals surface area contributed by atoms with Crippen LogP contribution >= 0.6 is 11.6 Å². The van der Waals surface area contributed by atoms with Gasteiger partial charge in [0.25, 0.3) is 5.91 Å². The molecule has 0 aliphatic heterocycles. The first-order valence-corrected chi connectivity index (χ1v) is 8.42. The summed E-state index contributed by atoms with van der Waals surface area (Å²) >= 11 is 5.78. The van der Waals surface area contributed by atoms with Gasteiger partial charge in [-0.2, -0.15) is 0 Å². The number of hydrogen-bond donors (Lipinski definition) is 2. The van der Waals surface area contributed by atoms with Crippen molar-refractivity contribution in [1.82, 2.24) is 10.6 Å². The Kier molecular flexibility index (Phi) is 7.29. The van der Waals surface area contributed by atoms with Gasteiger partial charge >= 0.3 is 0 Å². The zero-order chi connectivity index (χ0) is 18.9. The molecule has 0 aromatic heterocycles. The fourth-order valence-electron chi connectivity index (χ4n) is 2.34. The van der Waals surface area contributed by atoms with Gasteiger partial charge in [-0.1, -0.05) is 11.6 Å². The molecule has 2 aromatic rings. The van der Waals surface area contributed by atoms with E-state index in [0.717, 1.165) is 17.1 Å². The van der Waals surface area contributed by atoms with E-state index < -0.39 is 0 Å². The van der Waals surface area contributed by atoms with Gasteiger partial charge in [-0.15, -0.1) is 0 Å². The molecule has 0 heterocycles. The third-order valence-electron chi connectivity index (χ3n) is 3.72. The Bertz CT molecular complexity index is 763. The zero-order valence-electron chi connectivity index (χ0n) is 14.7. The molecule has 0 unspecified atom stereocenters. The number of halogens is 1. The van der Waals surface area contributed by atoms with Gasteiger partial charge in [-0.25, -0.2) is 0 Å². The van der Waals surface area contributed by atoms with E-state index in [-0.39, 0.29) is 18.4 Å². The van der Waals surface area contributed by atoms with E-state index in [2.05, 4.69) is 10.6 Å². The van der Waals surface area contributed by atoms with Crippen LogP contribution in [0.3, 0.4) is 0 Å². The van der Waals surface area contributed by atoms with Crippen LogP contribution in [0, 0.1) is 0 Å². The van der Waals surface area contributed by atoms with E-state index in [4.69, 9.17) is 21.1 Å². The molecular formula is C19H21ClN2O4. The number of carbonyl (C=O) groups excluding carboxylic acids is 2. The van der Waals surface area contributed by atoms with Crippen LogP contribution in [-0.4, -0.2) is 39.1 Å². The average molecular weight is 377 g/mol. The zero-order valence-corrected chi connectivity index (χ0v) is 15.4. The Morgan fingerprint density at radius 1 is 1.00 bits per heavy atom. The highest BCUT2D eigenvalue weighted by atomic mass is 35.5.